The Morgan fingerprint density at radius 3 is 2.48 bits per heavy atom. The Kier molecular flexibility index (Phi) is 6.26. The Morgan fingerprint density at radius 1 is 1.00 bits per heavy atom. The smallest absolute Gasteiger partial charge is 0.255 e. The van der Waals surface area contributed by atoms with Gasteiger partial charge in [-0.25, -0.2) is 0 Å². The standard InChI is InChI=1S/C25H25N3O3/c1-17-5-6-19(25(30)27-21-9-10-21)16-23(17)28-24(29)18-7-11-22(12-8-18)31-15-13-20-4-2-3-14-26-20/h2-8,11-12,14,16,21H,9-10,13,15H2,1H3,(H,27,30)(H,28,29). The maximum atomic E-state index is 12.7. The highest BCUT2D eigenvalue weighted by molar-refractivity contribution is 6.05. The van der Waals surface area contributed by atoms with Crippen LogP contribution in [0.25, 0.3) is 0 Å². The van der Waals surface area contributed by atoms with Crippen LogP contribution in [0, 0.1) is 6.92 Å². The van der Waals surface area contributed by atoms with Crippen molar-refractivity contribution in [1.29, 1.82) is 0 Å². The first-order valence-electron chi connectivity index (χ1n) is 10.4. The summed E-state index contributed by atoms with van der Waals surface area (Å²) in [5.41, 5.74) is 3.56. The van der Waals surface area contributed by atoms with E-state index in [1.54, 1.807) is 42.6 Å². The van der Waals surface area contributed by atoms with E-state index in [1.807, 2.05) is 31.2 Å². The quantitative estimate of drug-likeness (QED) is 0.579. The lowest BCUT2D eigenvalue weighted by Crippen LogP contribution is -2.25. The zero-order valence-electron chi connectivity index (χ0n) is 17.4. The topological polar surface area (TPSA) is 80.3 Å². The van der Waals surface area contributed by atoms with Crippen LogP contribution in [-0.2, 0) is 6.42 Å². The van der Waals surface area contributed by atoms with Crippen molar-refractivity contribution >= 4 is 17.5 Å². The predicted octanol–water partition coefficient (Wildman–Crippen LogP) is 4.16. The molecule has 6 nitrogen and oxygen atoms in total. The van der Waals surface area contributed by atoms with Gasteiger partial charge in [0, 0.05) is 41.2 Å². The number of rotatable bonds is 8. The van der Waals surface area contributed by atoms with Crippen LogP contribution in [0.2, 0.25) is 0 Å². The summed E-state index contributed by atoms with van der Waals surface area (Å²) in [6, 6.07) is 18.4. The minimum Gasteiger partial charge on any atom is -0.493 e. The number of hydrogen-bond acceptors (Lipinski definition) is 4. The number of carbonyl (C=O) groups excluding carboxylic acids is 2. The molecule has 0 aliphatic heterocycles. The van der Waals surface area contributed by atoms with Crippen molar-refractivity contribution in [3.63, 3.8) is 0 Å². The molecule has 1 heterocycles. The first-order valence-corrected chi connectivity index (χ1v) is 10.4. The first kappa shape index (κ1) is 20.6. The van der Waals surface area contributed by atoms with Crippen molar-refractivity contribution < 1.29 is 14.3 Å². The van der Waals surface area contributed by atoms with Crippen LogP contribution < -0.4 is 15.4 Å². The number of carbonyl (C=O) groups is 2. The van der Waals surface area contributed by atoms with Gasteiger partial charge >= 0.3 is 0 Å². The second kappa shape index (κ2) is 9.43. The zero-order chi connectivity index (χ0) is 21.6. The monoisotopic (exact) mass is 415 g/mol. The number of hydrogen-bond donors (Lipinski definition) is 2. The third-order valence-corrected chi connectivity index (χ3v) is 5.13. The number of aromatic nitrogens is 1. The van der Waals surface area contributed by atoms with E-state index in [1.165, 1.54) is 0 Å². The number of nitrogens with zero attached hydrogens (tertiary/aromatic N) is 1. The normalized spacial score (nSPS) is 12.8. The SMILES string of the molecule is Cc1ccc(C(=O)NC2CC2)cc1NC(=O)c1ccc(OCCc2ccccn2)cc1. The third kappa shape index (κ3) is 5.69. The van der Waals surface area contributed by atoms with Crippen LogP contribution in [0.5, 0.6) is 5.75 Å². The maximum Gasteiger partial charge on any atom is 0.255 e. The van der Waals surface area contributed by atoms with Gasteiger partial charge in [0.2, 0.25) is 0 Å². The molecular weight excluding hydrogens is 390 g/mol. The van der Waals surface area contributed by atoms with E-state index in [2.05, 4.69) is 15.6 Å². The number of benzene rings is 2. The van der Waals surface area contributed by atoms with Gasteiger partial charge in [0.25, 0.3) is 11.8 Å². The van der Waals surface area contributed by atoms with E-state index in [-0.39, 0.29) is 17.9 Å². The first-order chi connectivity index (χ1) is 15.1. The average Bonchev–Trinajstić information content (AvgIpc) is 3.60. The minimum atomic E-state index is -0.233. The highest BCUT2D eigenvalue weighted by Crippen LogP contribution is 2.22. The molecule has 3 aromatic rings. The van der Waals surface area contributed by atoms with Gasteiger partial charge in [0.1, 0.15) is 5.75 Å². The molecule has 1 aliphatic rings. The Morgan fingerprint density at radius 2 is 1.77 bits per heavy atom. The molecule has 1 fully saturated rings. The molecule has 31 heavy (non-hydrogen) atoms. The Labute approximate surface area is 181 Å². The molecule has 0 atom stereocenters. The lowest BCUT2D eigenvalue weighted by atomic mass is 10.1. The average molecular weight is 415 g/mol. The summed E-state index contributed by atoms with van der Waals surface area (Å²) < 4.78 is 5.74. The fraction of sp³-hybridized carbons (Fsp3) is 0.240. The minimum absolute atomic E-state index is 0.106. The summed E-state index contributed by atoms with van der Waals surface area (Å²) in [4.78, 5) is 29.2. The van der Waals surface area contributed by atoms with Crippen molar-refractivity contribution in [1.82, 2.24) is 10.3 Å². The van der Waals surface area contributed by atoms with Gasteiger partial charge < -0.3 is 15.4 Å². The number of nitrogens with one attached hydrogen (secondary N) is 2. The third-order valence-electron chi connectivity index (χ3n) is 5.13. The number of amides is 2. The molecule has 0 bridgehead atoms. The molecule has 2 aromatic carbocycles. The van der Waals surface area contributed by atoms with Crippen molar-refractivity contribution in [2.75, 3.05) is 11.9 Å². The van der Waals surface area contributed by atoms with E-state index in [0.29, 0.717) is 35.6 Å². The second-order valence-electron chi connectivity index (χ2n) is 7.68. The Hall–Kier alpha value is -3.67. The van der Waals surface area contributed by atoms with Gasteiger partial charge in [-0.15, -0.1) is 0 Å². The summed E-state index contributed by atoms with van der Waals surface area (Å²) >= 11 is 0. The summed E-state index contributed by atoms with van der Waals surface area (Å²) in [6.07, 6.45) is 4.54. The van der Waals surface area contributed by atoms with E-state index >= 15 is 0 Å². The second-order valence-corrected chi connectivity index (χ2v) is 7.68. The molecule has 1 aromatic heterocycles. The van der Waals surface area contributed by atoms with Crippen molar-refractivity contribution in [3.05, 3.63) is 89.2 Å². The van der Waals surface area contributed by atoms with Crippen molar-refractivity contribution in [3.8, 4) is 5.75 Å². The molecule has 4 rings (SSSR count). The lowest BCUT2D eigenvalue weighted by molar-refractivity contribution is 0.0949. The number of aryl methyl sites for hydroxylation is 1. The largest absolute Gasteiger partial charge is 0.493 e. The zero-order valence-corrected chi connectivity index (χ0v) is 17.4. The van der Waals surface area contributed by atoms with Crippen LogP contribution in [0.15, 0.2) is 66.9 Å². The van der Waals surface area contributed by atoms with E-state index in [9.17, 15) is 9.59 Å². The summed E-state index contributed by atoms with van der Waals surface area (Å²) in [5.74, 6) is 0.357. The Bertz CT molecular complexity index is 1060. The number of pyridine rings is 1. The fourth-order valence-electron chi connectivity index (χ4n) is 3.11. The van der Waals surface area contributed by atoms with E-state index < -0.39 is 0 Å². The molecule has 1 saturated carbocycles. The van der Waals surface area contributed by atoms with Crippen LogP contribution >= 0.6 is 0 Å². The van der Waals surface area contributed by atoms with Crippen LogP contribution in [0.1, 0.15) is 44.8 Å². The summed E-state index contributed by atoms with van der Waals surface area (Å²) in [7, 11) is 0. The molecule has 2 amide bonds. The number of ether oxygens (including phenoxy) is 1. The number of anilines is 1. The van der Waals surface area contributed by atoms with Crippen LogP contribution in [0.3, 0.4) is 0 Å². The molecule has 0 spiro atoms. The molecule has 1 aliphatic carbocycles. The lowest BCUT2D eigenvalue weighted by Gasteiger charge is -2.11. The maximum absolute atomic E-state index is 12.7. The van der Waals surface area contributed by atoms with Gasteiger partial charge in [0.05, 0.1) is 6.61 Å². The molecular formula is C25H25N3O3. The van der Waals surface area contributed by atoms with Crippen LogP contribution in [0.4, 0.5) is 5.69 Å². The molecule has 0 radical (unpaired) electrons. The Balaban J connectivity index is 1.34. The van der Waals surface area contributed by atoms with E-state index in [4.69, 9.17) is 4.74 Å². The highest BCUT2D eigenvalue weighted by Gasteiger charge is 2.24. The van der Waals surface area contributed by atoms with E-state index in [0.717, 1.165) is 24.1 Å². The summed E-state index contributed by atoms with van der Waals surface area (Å²) in [6.45, 7) is 2.41. The fourth-order valence-corrected chi connectivity index (χ4v) is 3.11. The molecule has 158 valence electrons. The van der Waals surface area contributed by atoms with Crippen molar-refractivity contribution in [2.24, 2.45) is 0 Å². The predicted molar refractivity (Wildman–Crippen MR) is 119 cm³/mol. The highest BCUT2D eigenvalue weighted by atomic mass is 16.5. The summed E-state index contributed by atoms with van der Waals surface area (Å²) in [5, 5.41) is 5.87. The molecule has 6 heteroatoms. The van der Waals surface area contributed by atoms with Crippen LogP contribution in [-0.4, -0.2) is 29.4 Å². The molecule has 0 saturated heterocycles. The molecule has 2 N–H and O–H groups in total. The van der Waals surface area contributed by atoms with Gasteiger partial charge in [-0.05, 0) is 73.9 Å². The van der Waals surface area contributed by atoms with Gasteiger partial charge in [-0.2, -0.15) is 0 Å². The van der Waals surface area contributed by atoms with Crippen molar-refractivity contribution in [2.45, 2.75) is 32.2 Å². The van der Waals surface area contributed by atoms with Gasteiger partial charge in [-0.1, -0.05) is 12.1 Å². The molecule has 0 unspecified atom stereocenters. The van der Waals surface area contributed by atoms with Gasteiger partial charge in [0.15, 0.2) is 0 Å². The van der Waals surface area contributed by atoms with Gasteiger partial charge in [-0.3, -0.25) is 14.6 Å².